The number of ether oxygens (including phenoxy) is 1. The molecule has 18 heavy (non-hydrogen) atoms. The molecule has 0 aliphatic carbocycles. The number of anilines is 1. The normalized spacial score (nSPS) is 13.4. The summed E-state index contributed by atoms with van der Waals surface area (Å²) in [7, 11) is 1.75. The number of fused-ring (bicyclic) bond motifs is 1. The first-order chi connectivity index (χ1) is 8.77. The van der Waals surface area contributed by atoms with E-state index in [9.17, 15) is 4.79 Å². The highest BCUT2D eigenvalue weighted by Crippen LogP contribution is 2.32. The van der Waals surface area contributed by atoms with Gasteiger partial charge in [-0.2, -0.15) is 5.10 Å². The fourth-order valence-corrected chi connectivity index (χ4v) is 2.08. The summed E-state index contributed by atoms with van der Waals surface area (Å²) in [5.74, 6) is 0.561. The minimum atomic E-state index is -0.0736. The Bertz CT molecular complexity index is 604. The first kappa shape index (κ1) is 10.8. The number of carbonyl (C=O) groups excluding carboxylic acids is 1. The number of hydrogen-bond donors (Lipinski definition) is 1. The molecule has 0 spiro atoms. The number of carbonyl (C=O) groups is 1. The van der Waals surface area contributed by atoms with Crippen molar-refractivity contribution in [2.24, 2.45) is 7.05 Å². The Labute approximate surface area is 104 Å². The summed E-state index contributed by atoms with van der Waals surface area (Å²) in [5, 5.41) is 7.23. The molecule has 0 atom stereocenters. The fourth-order valence-electron chi connectivity index (χ4n) is 2.08. The molecule has 5 nitrogen and oxygen atoms in total. The molecule has 3 rings (SSSR count). The second-order valence-corrected chi connectivity index (χ2v) is 4.13. The second kappa shape index (κ2) is 4.18. The summed E-state index contributed by atoms with van der Waals surface area (Å²) in [6, 6.07) is 7.25. The third kappa shape index (κ3) is 1.64. The minimum Gasteiger partial charge on any atom is -0.489 e. The van der Waals surface area contributed by atoms with E-state index in [2.05, 4.69) is 10.4 Å². The average molecular weight is 243 g/mol. The summed E-state index contributed by atoms with van der Waals surface area (Å²) in [5.41, 5.74) is 2.00. The second-order valence-electron chi connectivity index (χ2n) is 4.13. The summed E-state index contributed by atoms with van der Waals surface area (Å²) >= 11 is 0. The van der Waals surface area contributed by atoms with Crippen LogP contribution in [0.25, 0.3) is 0 Å². The number of aromatic nitrogens is 2. The lowest BCUT2D eigenvalue weighted by Crippen LogP contribution is -2.20. The number of nitrogens with one attached hydrogen (secondary N) is 1. The van der Waals surface area contributed by atoms with E-state index in [4.69, 9.17) is 4.74 Å². The van der Waals surface area contributed by atoms with Gasteiger partial charge in [-0.15, -0.1) is 0 Å². The molecule has 0 unspecified atom stereocenters. The van der Waals surface area contributed by atoms with Crippen molar-refractivity contribution in [3.05, 3.63) is 41.7 Å². The molecular weight excluding hydrogens is 230 g/mol. The molecule has 0 amide bonds. The average Bonchev–Trinajstić information content (AvgIpc) is 2.83. The number of hydrogen-bond acceptors (Lipinski definition) is 4. The van der Waals surface area contributed by atoms with E-state index in [1.165, 1.54) is 0 Å². The number of rotatable bonds is 2. The Kier molecular flexibility index (Phi) is 2.51. The van der Waals surface area contributed by atoms with Crippen LogP contribution < -0.4 is 10.1 Å². The number of ketones is 1. The van der Waals surface area contributed by atoms with Crippen LogP contribution in [0.15, 0.2) is 30.5 Å². The van der Waals surface area contributed by atoms with Crippen molar-refractivity contribution in [3.63, 3.8) is 0 Å². The third-order valence-electron chi connectivity index (χ3n) is 2.98. The van der Waals surface area contributed by atoms with Crippen molar-refractivity contribution in [2.45, 2.75) is 0 Å². The van der Waals surface area contributed by atoms with Crippen LogP contribution >= 0.6 is 0 Å². The first-order valence-corrected chi connectivity index (χ1v) is 5.80. The number of aryl methyl sites for hydroxylation is 1. The molecule has 2 heterocycles. The van der Waals surface area contributed by atoms with E-state index < -0.39 is 0 Å². The monoisotopic (exact) mass is 243 g/mol. The number of benzene rings is 1. The van der Waals surface area contributed by atoms with Crippen molar-refractivity contribution >= 4 is 11.5 Å². The Balaban J connectivity index is 2.07. The van der Waals surface area contributed by atoms with Crippen molar-refractivity contribution in [2.75, 3.05) is 18.5 Å². The van der Waals surface area contributed by atoms with Crippen molar-refractivity contribution < 1.29 is 9.53 Å². The van der Waals surface area contributed by atoms with Gasteiger partial charge >= 0.3 is 0 Å². The van der Waals surface area contributed by atoms with Gasteiger partial charge in [-0.3, -0.25) is 9.48 Å². The maximum atomic E-state index is 12.4. The highest BCUT2D eigenvalue weighted by atomic mass is 16.5. The van der Waals surface area contributed by atoms with Gasteiger partial charge in [-0.05, 0) is 18.2 Å². The highest BCUT2D eigenvalue weighted by Gasteiger charge is 2.21. The molecular formula is C13H13N3O2. The van der Waals surface area contributed by atoms with Crippen LogP contribution in [-0.2, 0) is 7.05 Å². The van der Waals surface area contributed by atoms with Gasteiger partial charge in [0.2, 0.25) is 5.78 Å². The molecule has 0 bridgehead atoms. The van der Waals surface area contributed by atoms with Crippen LogP contribution in [0.3, 0.4) is 0 Å². The topological polar surface area (TPSA) is 56.2 Å². The number of para-hydroxylation sites is 1. The number of nitrogens with zero attached hydrogens (tertiary/aromatic N) is 2. The van der Waals surface area contributed by atoms with Gasteiger partial charge in [0.15, 0.2) is 5.75 Å². The standard InChI is InChI=1S/C13H13N3O2/c1-16-11(5-6-15-16)12(17)9-3-2-4-10-13(9)18-8-7-14-10/h2-6,14H,7-8H2,1H3. The van der Waals surface area contributed by atoms with E-state index in [-0.39, 0.29) is 5.78 Å². The van der Waals surface area contributed by atoms with Crippen molar-refractivity contribution in [1.82, 2.24) is 9.78 Å². The predicted octanol–water partition coefficient (Wildman–Crippen LogP) is 1.46. The van der Waals surface area contributed by atoms with Crippen molar-refractivity contribution in [3.8, 4) is 5.75 Å². The zero-order valence-corrected chi connectivity index (χ0v) is 10.0. The first-order valence-electron chi connectivity index (χ1n) is 5.80. The predicted molar refractivity (Wildman–Crippen MR) is 67.1 cm³/mol. The van der Waals surface area contributed by atoms with Crippen LogP contribution in [0.5, 0.6) is 5.75 Å². The van der Waals surface area contributed by atoms with Crippen LogP contribution in [-0.4, -0.2) is 28.7 Å². The van der Waals surface area contributed by atoms with Crippen molar-refractivity contribution in [1.29, 1.82) is 0 Å². The lowest BCUT2D eigenvalue weighted by Gasteiger charge is -2.21. The molecule has 0 saturated heterocycles. The van der Waals surface area contributed by atoms with E-state index in [1.54, 1.807) is 30.1 Å². The summed E-state index contributed by atoms with van der Waals surface area (Å²) < 4.78 is 7.17. The fraction of sp³-hybridized carbons (Fsp3) is 0.231. The quantitative estimate of drug-likeness (QED) is 0.811. The van der Waals surface area contributed by atoms with Crippen LogP contribution in [0, 0.1) is 0 Å². The molecule has 1 N–H and O–H groups in total. The van der Waals surface area contributed by atoms with Gasteiger partial charge in [0.25, 0.3) is 0 Å². The van der Waals surface area contributed by atoms with Gasteiger partial charge in [0, 0.05) is 19.8 Å². The Morgan fingerprint density at radius 1 is 1.44 bits per heavy atom. The van der Waals surface area contributed by atoms with Gasteiger partial charge in [0.1, 0.15) is 12.3 Å². The van der Waals surface area contributed by atoms with Crippen LogP contribution in [0.2, 0.25) is 0 Å². The zero-order chi connectivity index (χ0) is 12.5. The Morgan fingerprint density at radius 2 is 2.33 bits per heavy atom. The lowest BCUT2D eigenvalue weighted by molar-refractivity contribution is 0.102. The summed E-state index contributed by atoms with van der Waals surface area (Å²) in [6.07, 6.45) is 1.61. The molecule has 1 aromatic heterocycles. The van der Waals surface area contributed by atoms with E-state index >= 15 is 0 Å². The molecule has 1 aliphatic rings. The maximum absolute atomic E-state index is 12.4. The summed E-state index contributed by atoms with van der Waals surface area (Å²) in [6.45, 7) is 1.33. The smallest absolute Gasteiger partial charge is 0.214 e. The Hall–Kier alpha value is -2.30. The molecule has 1 aliphatic heterocycles. The minimum absolute atomic E-state index is 0.0736. The molecule has 92 valence electrons. The molecule has 5 heteroatoms. The van der Waals surface area contributed by atoms with Gasteiger partial charge in [-0.1, -0.05) is 6.07 Å². The molecule has 2 aromatic rings. The van der Waals surface area contributed by atoms with E-state index in [0.717, 1.165) is 12.2 Å². The molecule has 0 fully saturated rings. The summed E-state index contributed by atoms with van der Waals surface area (Å²) in [4.78, 5) is 12.4. The highest BCUT2D eigenvalue weighted by molar-refractivity contribution is 6.10. The van der Waals surface area contributed by atoms with Gasteiger partial charge < -0.3 is 10.1 Å². The lowest BCUT2D eigenvalue weighted by atomic mass is 10.1. The SMILES string of the molecule is Cn1nccc1C(=O)c1cccc2c1OCCN2. The van der Waals surface area contributed by atoms with E-state index in [0.29, 0.717) is 23.6 Å². The maximum Gasteiger partial charge on any atom is 0.214 e. The van der Waals surface area contributed by atoms with Crippen LogP contribution in [0.1, 0.15) is 16.1 Å². The molecule has 1 aromatic carbocycles. The molecule has 0 radical (unpaired) electrons. The Morgan fingerprint density at radius 3 is 3.11 bits per heavy atom. The van der Waals surface area contributed by atoms with Crippen LogP contribution in [0.4, 0.5) is 5.69 Å². The van der Waals surface area contributed by atoms with Gasteiger partial charge in [0.05, 0.1) is 11.3 Å². The zero-order valence-electron chi connectivity index (χ0n) is 10.0. The molecule has 0 saturated carbocycles. The largest absolute Gasteiger partial charge is 0.489 e. The van der Waals surface area contributed by atoms with Gasteiger partial charge in [-0.25, -0.2) is 0 Å². The van der Waals surface area contributed by atoms with E-state index in [1.807, 2.05) is 12.1 Å². The third-order valence-corrected chi connectivity index (χ3v) is 2.98.